The highest BCUT2D eigenvalue weighted by Gasteiger charge is 2.49. The molecular weight excluding hydrogens is 442 g/mol. The van der Waals surface area contributed by atoms with Crippen LogP contribution >= 0.6 is 0 Å². The van der Waals surface area contributed by atoms with E-state index in [4.69, 9.17) is 9.47 Å². The van der Waals surface area contributed by atoms with Gasteiger partial charge in [0.2, 0.25) is 0 Å². The Bertz CT molecular complexity index is 1150. The molecule has 186 valence electrons. The molecule has 1 unspecified atom stereocenters. The van der Waals surface area contributed by atoms with E-state index in [-0.39, 0.29) is 22.8 Å². The Kier molecular flexibility index (Phi) is 6.93. The molecule has 1 saturated heterocycles. The molecule has 1 amide bonds. The van der Waals surface area contributed by atoms with E-state index >= 15 is 0 Å². The highest BCUT2D eigenvalue weighted by molar-refractivity contribution is 6.46. The number of aliphatic hydroxyl groups excluding tert-OH is 1. The van der Waals surface area contributed by atoms with Gasteiger partial charge in [0.1, 0.15) is 17.3 Å². The molecule has 1 N–H and O–H groups in total. The van der Waals surface area contributed by atoms with Gasteiger partial charge in [0.05, 0.1) is 25.3 Å². The molecule has 1 aliphatic carbocycles. The van der Waals surface area contributed by atoms with Gasteiger partial charge in [-0.15, -0.1) is 0 Å². The van der Waals surface area contributed by atoms with Crippen LogP contribution in [0.15, 0.2) is 48.0 Å². The molecular formula is C29H35NO5. The molecule has 1 aliphatic heterocycles. The third-order valence-corrected chi connectivity index (χ3v) is 6.97. The fourth-order valence-corrected chi connectivity index (χ4v) is 5.25. The first kappa shape index (κ1) is 24.8. The number of likely N-dealkylation sites (tertiary alicyclic amines) is 1. The molecule has 1 heterocycles. The van der Waals surface area contributed by atoms with Crippen molar-refractivity contribution >= 4 is 17.4 Å². The molecule has 2 aromatic rings. The van der Waals surface area contributed by atoms with Crippen molar-refractivity contribution in [2.24, 2.45) is 0 Å². The maximum Gasteiger partial charge on any atom is 0.295 e. The summed E-state index contributed by atoms with van der Waals surface area (Å²) in [7, 11) is 1.58. The first-order valence-corrected chi connectivity index (χ1v) is 12.4. The van der Waals surface area contributed by atoms with Gasteiger partial charge in [-0.25, -0.2) is 0 Å². The van der Waals surface area contributed by atoms with Crippen LogP contribution in [0.4, 0.5) is 0 Å². The molecule has 6 heteroatoms. The molecule has 2 aliphatic rings. The van der Waals surface area contributed by atoms with Crippen molar-refractivity contribution in [1.29, 1.82) is 0 Å². The van der Waals surface area contributed by atoms with Gasteiger partial charge in [0.15, 0.2) is 0 Å². The second-order valence-corrected chi connectivity index (χ2v) is 10.3. The Hall–Kier alpha value is -3.28. The summed E-state index contributed by atoms with van der Waals surface area (Å²) in [5.74, 6) is 0.0229. The average molecular weight is 478 g/mol. The number of nitrogens with zero attached hydrogens (tertiary/aromatic N) is 1. The maximum atomic E-state index is 13.4. The van der Waals surface area contributed by atoms with E-state index in [0.29, 0.717) is 17.9 Å². The summed E-state index contributed by atoms with van der Waals surface area (Å²) in [4.78, 5) is 28.4. The number of hydrogen-bond acceptors (Lipinski definition) is 5. The van der Waals surface area contributed by atoms with Crippen molar-refractivity contribution in [2.45, 2.75) is 70.9 Å². The lowest BCUT2D eigenvalue weighted by molar-refractivity contribution is -0.141. The van der Waals surface area contributed by atoms with Crippen molar-refractivity contribution in [3.63, 3.8) is 0 Å². The number of hydrogen-bond donors (Lipinski definition) is 1. The molecule has 0 aromatic heterocycles. The lowest BCUT2D eigenvalue weighted by Gasteiger charge is -2.31. The highest BCUT2D eigenvalue weighted by atomic mass is 16.5. The minimum atomic E-state index is -0.669. The lowest BCUT2D eigenvalue weighted by atomic mass is 9.84. The van der Waals surface area contributed by atoms with Crippen molar-refractivity contribution in [2.75, 3.05) is 13.7 Å². The molecule has 2 aromatic carbocycles. The van der Waals surface area contributed by atoms with E-state index in [2.05, 4.69) is 20.8 Å². The van der Waals surface area contributed by atoms with Gasteiger partial charge in [-0.05, 0) is 61.1 Å². The smallest absolute Gasteiger partial charge is 0.295 e. The average Bonchev–Trinajstić information content (AvgIpc) is 3.45. The van der Waals surface area contributed by atoms with Gasteiger partial charge >= 0.3 is 0 Å². The number of benzene rings is 2. The van der Waals surface area contributed by atoms with E-state index in [1.54, 1.807) is 18.1 Å². The zero-order chi connectivity index (χ0) is 25.3. The molecule has 1 atom stereocenters. The number of methoxy groups -OCH3 is 1. The second-order valence-electron chi connectivity index (χ2n) is 10.3. The molecule has 6 nitrogen and oxygen atoms in total. The van der Waals surface area contributed by atoms with Crippen LogP contribution < -0.4 is 9.47 Å². The van der Waals surface area contributed by atoms with Gasteiger partial charge in [-0.1, -0.05) is 45.7 Å². The predicted octanol–water partition coefficient (Wildman–Crippen LogP) is 5.76. The second kappa shape index (κ2) is 9.76. The van der Waals surface area contributed by atoms with E-state index in [9.17, 15) is 14.7 Å². The van der Waals surface area contributed by atoms with Gasteiger partial charge < -0.3 is 19.5 Å². The third kappa shape index (κ3) is 4.66. The third-order valence-electron chi connectivity index (χ3n) is 6.97. The minimum Gasteiger partial charge on any atom is -0.507 e. The van der Waals surface area contributed by atoms with Crippen LogP contribution in [-0.4, -0.2) is 41.5 Å². The minimum absolute atomic E-state index is 0.0292. The summed E-state index contributed by atoms with van der Waals surface area (Å²) in [6, 6.07) is 12.1. The van der Waals surface area contributed by atoms with Crippen LogP contribution in [0.25, 0.3) is 5.76 Å². The Morgan fingerprint density at radius 2 is 1.80 bits per heavy atom. The zero-order valence-corrected chi connectivity index (χ0v) is 21.3. The van der Waals surface area contributed by atoms with E-state index in [1.807, 2.05) is 43.3 Å². The summed E-state index contributed by atoms with van der Waals surface area (Å²) in [5.41, 5.74) is 2.04. The van der Waals surface area contributed by atoms with Crippen molar-refractivity contribution in [3.05, 3.63) is 64.7 Å². The molecule has 0 spiro atoms. The summed E-state index contributed by atoms with van der Waals surface area (Å²) < 4.78 is 11.2. The van der Waals surface area contributed by atoms with Crippen LogP contribution in [-0.2, 0) is 15.0 Å². The molecule has 2 fully saturated rings. The van der Waals surface area contributed by atoms with E-state index < -0.39 is 17.7 Å². The Balaban J connectivity index is 1.90. The van der Waals surface area contributed by atoms with Gasteiger partial charge in [-0.2, -0.15) is 0 Å². The predicted molar refractivity (Wildman–Crippen MR) is 136 cm³/mol. The first-order chi connectivity index (χ1) is 16.7. The lowest BCUT2D eigenvalue weighted by Crippen LogP contribution is -2.37. The zero-order valence-electron chi connectivity index (χ0n) is 21.3. The number of rotatable bonds is 6. The van der Waals surface area contributed by atoms with Crippen LogP contribution in [0.1, 0.15) is 76.1 Å². The maximum absolute atomic E-state index is 13.4. The van der Waals surface area contributed by atoms with E-state index in [1.165, 1.54) is 0 Å². The van der Waals surface area contributed by atoms with Crippen molar-refractivity contribution < 1.29 is 24.2 Å². The van der Waals surface area contributed by atoms with Crippen molar-refractivity contribution in [3.8, 4) is 11.5 Å². The summed E-state index contributed by atoms with van der Waals surface area (Å²) in [6.07, 6.45) is 3.74. The standard InChI is InChI=1S/C29H35NO5/c1-6-35-23-15-14-19(17-22(23)29(2,3)4)26(31)24-25(18-10-9-13-21(16-18)34-5)30(28(33)27(24)32)20-11-7-8-12-20/h9-10,13-17,20,25,31H,6-8,11-12H2,1-5H3/b26-24-. The largest absolute Gasteiger partial charge is 0.507 e. The van der Waals surface area contributed by atoms with Crippen LogP contribution in [0.3, 0.4) is 0 Å². The molecule has 0 bridgehead atoms. The van der Waals surface area contributed by atoms with Gasteiger partial charge in [0.25, 0.3) is 11.7 Å². The van der Waals surface area contributed by atoms with Crippen molar-refractivity contribution in [1.82, 2.24) is 4.90 Å². The fourth-order valence-electron chi connectivity index (χ4n) is 5.25. The number of Topliss-reactive ketones (excluding diaryl/α,β-unsaturated/α-hetero) is 1. The Morgan fingerprint density at radius 3 is 2.43 bits per heavy atom. The Labute approximate surface area is 207 Å². The quantitative estimate of drug-likeness (QED) is 0.325. The van der Waals surface area contributed by atoms with Crippen LogP contribution in [0, 0.1) is 0 Å². The summed E-state index contributed by atoms with van der Waals surface area (Å²) >= 11 is 0. The molecule has 4 rings (SSSR count). The monoisotopic (exact) mass is 477 g/mol. The topological polar surface area (TPSA) is 76.1 Å². The Morgan fingerprint density at radius 1 is 1.09 bits per heavy atom. The van der Waals surface area contributed by atoms with E-state index in [0.717, 1.165) is 42.6 Å². The van der Waals surface area contributed by atoms with Crippen LogP contribution in [0.2, 0.25) is 0 Å². The SMILES string of the molecule is CCOc1ccc(/C(O)=C2/C(=O)C(=O)N(C3CCCC3)C2c2cccc(OC)c2)cc1C(C)(C)C. The normalized spacial score (nSPS) is 20.5. The summed E-state index contributed by atoms with van der Waals surface area (Å²) in [6.45, 7) is 8.67. The first-order valence-electron chi connectivity index (χ1n) is 12.4. The summed E-state index contributed by atoms with van der Waals surface area (Å²) in [5, 5.41) is 11.5. The number of amides is 1. The molecule has 1 saturated carbocycles. The molecule has 35 heavy (non-hydrogen) atoms. The molecule has 0 radical (unpaired) electrons. The number of ether oxygens (including phenoxy) is 2. The number of carbonyl (C=O) groups excluding carboxylic acids is 2. The van der Waals surface area contributed by atoms with Gasteiger partial charge in [-0.3, -0.25) is 9.59 Å². The van der Waals surface area contributed by atoms with Crippen LogP contribution in [0.5, 0.6) is 11.5 Å². The fraction of sp³-hybridized carbons (Fsp3) is 0.448. The highest BCUT2D eigenvalue weighted by Crippen LogP contribution is 2.44. The number of ketones is 1. The number of aliphatic hydroxyl groups is 1. The van der Waals surface area contributed by atoms with Gasteiger partial charge in [0, 0.05) is 17.2 Å². The number of carbonyl (C=O) groups is 2.